The highest BCUT2D eigenvalue weighted by Gasteiger charge is 2.53. The van der Waals surface area contributed by atoms with Crippen molar-refractivity contribution < 1.29 is 4.74 Å². The molecule has 4 rings (SSSR count). The molecule has 0 amide bonds. The Bertz CT molecular complexity index is 526. The fraction of sp³-hybridized carbons (Fsp3) is 0.667. The zero-order valence-electron chi connectivity index (χ0n) is 12.7. The minimum Gasteiger partial charge on any atom is -0.497 e. The van der Waals surface area contributed by atoms with Crippen LogP contribution in [0.15, 0.2) is 18.2 Å². The highest BCUT2D eigenvalue weighted by atomic mass is 16.5. The van der Waals surface area contributed by atoms with Gasteiger partial charge in [-0.25, -0.2) is 0 Å². The first-order chi connectivity index (χ1) is 9.74. The van der Waals surface area contributed by atoms with Crippen LogP contribution in [0.2, 0.25) is 0 Å². The number of ether oxygens (including phenoxy) is 1. The molecule has 1 aliphatic heterocycles. The topological polar surface area (TPSA) is 12.5 Å². The number of piperidine rings is 1. The fourth-order valence-corrected chi connectivity index (χ4v) is 5.30. The summed E-state index contributed by atoms with van der Waals surface area (Å²) in [6.45, 7) is 1.26. The van der Waals surface area contributed by atoms with Crippen LogP contribution in [0, 0.1) is 5.92 Å². The monoisotopic (exact) mass is 271 g/mol. The Balaban J connectivity index is 1.88. The quantitative estimate of drug-likeness (QED) is 0.776. The Morgan fingerprint density at radius 1 is 1.25 bits per heavy atom. The minimum absolute atomic E-state index is 0.456. The SMILES string of the molecule is COc1ccc2c(c1)[C@@]13CCCCC1C(C2)N(C)CC3. The predicted molar refractivity (Wildman–Crippen MR) is 81.4 cm³/mol. The summed E-state index contributed by atoms with van der Waals surface area (Å²) in [7, 11) is 4.12. The van der Waals surface area contributed by atoms with E-state index in [1.54, 1.807) is 18.2 Å². The third-order valence-corrected chi connectivity index (χ3v) is 6.32. The maximum absolute atomic E-state index is 5.51. The van der Waals surface area contributed by atoms with Crippen LogP contribution in [0.5, 0.6) is 5.75 Å². The summed E-state index contributed by atoms with van der Waals surface area (Å²) in [4.78, 5) is 2.63. The molecular formula is C18H25NO. The molecule has 2 fully saturated rings. The van der Waals surface area contributed by atoms with Crippen molar-refractivity contribution in [1.82, 2.24) is 4.90 Å². The lowest BCUT2D eigenvalue weighted by atomic mass is 9.52. The first-order valence-corrected chi connectivity index (χ1v) is 8.12. The number of hydrogen-bond donors (Lipinski definition) is 0. The summed E-state index contributed by atoms with van der Waals surface area (Å²) in [5.41, 5.74) is 3.67. The molecule has 1 saturated heterocycles. The van der Waals surface area contributed by atoms with E-state index >= 15 is 0 Å². The number of nitrogens with zero attached hydrogens (tertiary/aromatic N) is 1. The molecule has 2 aliphatic carbocycles. The van der Waals surface area contributed by atoms with E-state index in [2.05, 4.69) is 30.1 Å². The van der Waals surface area contributed by atoms with Gasteiger partial charge in [0.25, 0.3) is 0 Å². The minimum atomic E-state index is 0.456. The van der Waals surface area contributed by atoms with E-state index in [0.717, 1.165) is 17.7 Å². The van der Waals surface area contributed by atoms with E-state index in [9.17, 15) is 0 Å². The van der Waals surface area contributed by atoms with Crippen molar-refractivity contribution in [2.75, 3.05) is 20.7 Å². The van der Waals surface area contributed by atoms with Gasteiger partial charge in [-0.15, -0.1) is 0 Å². The number of methoxy groups -OCH3 is 1. The Hall–Kier alpha value is -1.02. The molecule has 0 radical (unpaired) electrons. The summed E-state index contributed by atoms with van der Waals surface area (Å²) in [6.07, 6.45) is 8.22. The number of likely N-dealkylation sites (N-methyl/N-ethyl adjacent to an activating group) is 1. The number of fused-ring (bicyclic) bond motifs is 1. The molecule has 0 spiro atoms. The number of hydrogen-bond acceptors (Lipinski definition) is 2. The Labute approximate surface area is 122 Å². The van der Waals surface area contributed by atoms with Crippen molar-refractivity contribution >= 4 is 0 Å². The van der Waals surface area contributed by atoms with Crippen LogP contribution in [-0.4, -0.2) is 31.6 Å². The van der Waals surface area contributed by atoms with Crippen LogP contribution in [0.1, 0.15) is 43.2 Å². The lowest BCUT2D eigenvalue weighted by Crippen LogP contribution is -2.59. The van der Waals surface area contributed by atoms with Crippen LogP contribution in [0.25, 0.3) is 0 Å². The van der Waals surface area contributed by atoms with E-state index in [1.807, 2.05) is 0 Å². The van der Waals surface area contributed by atoms with E-state index in [-0.39, 0.29) is 0 Å². The molecule has 20 heavy (non-hydrogen) atoms. The normalized spacial score (nSPS) is 36.1. The van der Waals surface area contributed by atoms with Crippen LogP contribution in [-0.2, 0) is 11.8 Å². The molecule has 3 atom stereocenters. The highest BCUT2D eigenvalue weighted by Crippen LogP contribution is 2.55. The molecular weight excluding hydrogens is 246 g/mol. The zero-order valence-corrected chi connectivity index (χ0v) is 12.7. The standard InChI is InChI=1S/C18H25NO/c1-19-10-9-18-8-4-3-5-15(18)17(19)11-13-6-7-14(20-2)12-16(13)18/h6-7,12,15,17H,3-5,8-11H2,1-2H3/t15?,17?,18-/m1/s1. The van der Waals surface area contributed by atoms with E-state index < -0.39 is 0 Å². The van der Waals surface area contributed by atoms with Crippen LogP contribution in [0.4, 0.5) is 0 Å². The third kappa shape index (κ3) is 1.60. The van der Waals surface area contributed by atoms with Crippen LogP contribution >= 0.6 is 0 Å². The maximum atomic E-state index is 5.51. The van der Waals surface area contributed by atoms with Crippen molar-refractivity contribution in [2.45, 2.75) is 50.0 Å². The molecule has 108 valence electrons. The molecule has 2 heteroatoms. The molecule has 0 N–H and O–H groups in total. The Morgan fingerprint density at radius 3 is 3.00 bits per heavy atom. The van der Waals surface area contributed by atoms with E-state index in [0.29, 0.717) is 5.41 Å². The van der Waals surface area contributed by atoms with Gasteiger partial charge in [0, 0.05) is 11.5 Å². The number of benzene rings is 1. The first kappa shape index (κ1) is 12.7. The van der Waals surface area contributed by atoms with Crippen molar-refractivity contribution in [3.63, 3.8) is 0 Å². The molecule has 2 unspecified atom stereocenters. The van der Waals surface area contributed by atoms with Crippen LogP contribution < -0.4 is 4.74 Å². The summed E-state index contributed by atoms with van der Waals surface area (Å²) in [5.74, 6) is 1.91. The molecule has 1 heterocycles. The second-order valence-corrected chi connectivity index (χ2v) is 7.03. The summed E-state index contributed by atoms with van der Waals surface area (Å²) in [6, 6.07) is 7.60. The van der Waals surface area contributed by atoms with E-state index in [4.69, 9.17) is 4.74 Å². The van der Waals surface area contributed by atoms with Gasteiger partial charge >= 0.3 is 0 Å². The van der Waals surface area contributed by atoms with Gasteiger partial charge in [0.15, 0.2) is 0 Å². The fourth-order valence-electron chi connectivity index (χ4n) is 5.30. The zero-order chi connectivity index (χ0) is 13.7. The number of likely N-dealkylation sites (tertiary alicyclic amines) is 1. The summed E-state index contributed by atoms with van der Waals surface area (Å²) >= 11 is 0. The van der Waals surface area contributed by atoms with Gasteiger partial charge in [-0.2, -0.15) is 0 Å². The van der Waals surface area contributed by atoms with Gasteiger partial charge < -0.3 is 9.64 Å². The van der Waals surface area contributed by atoms with Crippen molar-refractivity contribution in [2.24, 2.45) is 5.92 Å². The number of rotatable bonds is 1. The molecule has 1 saturated carbocycles. The molecule has 3 aliphatic rings. The van der Waals surface area contributed by atoms with Gasteiger partial charge in [0.2, 0.25) is 0 Å². The molecule has 2 bridgehead atoms. The highest BCUT2D eigenvalue weighted by molar-refractivity contribution is 5.45. The largest absolute Gasteiger partial charge is 0.497 e. The molecule has 0 aromatic heterocycles. The van der Waals surface area contributed by atoms with Gasteiger partial charge in [-0.05, 0) is 68.5 Å². The first-order valence-electron chi connectivity index (χ1n) is 8.12. The molecule has 1 aromatic carbocycles. The summed E-state index contributed by atoms with van der Waals surface area (Å²) < 4.78 is 5.51. The molecule has 1 aromatic rings. The van der Waals surface area contributed by atoms with Gasteiger partial charge in [-0.3, -0.25) is 0 Å². The van der Waals surface area contributed by atoms with Gasteiger partial charge in [0.1, 0.15) is 5.75 Å². The lowest BCUT2D eigenvalue weighted by molar-refractivity contribution is 0.00274. The maximum Gasteiger partial charge on any atom is 0.119 e. The van der Waals surface area contributed by atoms with Gasteiger partial charge in [-0.1, -0.05) is 18.9 Å². The lowest BCUT2D eigenvalue weighted by Gasteiger charge is -2.58. The smallest absolute Gasteiger partial charge is 0.119 e. The molecule has 2 nitrogen and oxygen atoms in total. The van der Waals surface area contributed by atoms with E-state index in [1.165, 1.54) is 45.1 Å². The third-order valence-electron chi connectivity index (χ3n) is 6.32. The van der Waals surface area contributed by atoms with Crippen molar-refractivity contribution in [3.8, 4) is 5.75 Å². The van der Waals surface area contributed by atoms with Gasteiger partial charge in [0.05, 0.1) is 7.11 Å². The Morgan fingerprint density at radius 2 is 2.15 bits per heavy atom. The van der Waals surface area contributed by atoms with Crippen molar-refractivity contribution in [3.05, 3.63) is 29.3 Å². The van der Waals surface area contributed by atoms with Crippen molar-refractivity contribution in [1.29, 1.82) is 0 Å². The van der Waals surface area contributed by atoms with Crippen LogP contribution in [0.3, 0.4) is 0 Å². The second-order valence-electron chi connectivity index (χ2n) is 7.03. The predicted octanol–water partition coefficient (Wildman–Crippen LogP) is 3.38. The average Bonchev–Trinajstić information content (AvgIpc) is 2.50. The Kier molecular flexibility index (Phi) is 2.85. The average molecular weight is 271 g/mol. The second kappa shape index (κ2) is 4.49. The summed E-state index contributed by atoms with van der Waals surface area (Å²) in [5, 5.41) is 0.